The van der Waals surface area contributed by atoms with E-state index in [1.54, 1.807) is 6.07 Å². The minimum atomic E-state index is -0.533. The van der Waals surface area contributed by atoms with Crippen LogP contribution in [-0.2, 0) is 32.0 Å². The largest absolute Gasteiger partial charge is 0.489 e. The summed E-state index contributed by atoms with van der Waals surface area (Å²) in [4.78, 5) is 27.6. The second-order valence-electron chi connectivity index (χ2n) is 15.7. The normalized spacial score (nSPS) is 16.1. The van der Waals surface area contributed by atoms with Gasteiger partial charge in [-0.05, 0) is 76.9 Å². The van der Waals surface area contributed by atoms with E-state index < -0.39 is 5.82 Å². The first-order chi connectivity index (χ1) is 28.8. The van der Waals surface area contributed by atoms with Crippen molar-refractivity contribution in [3.63, 3.8) is 0 Å². The number of ether oxygens (including phenoxy) is 5. The highest BCUT2D eigenvalue weighted by atomic mass is 19.1. The molecule has 2 aliphatic rings. The van der Waals surface area contributed by atoms with Gasteiger partial charge in [-0.15, -0.1) is 0 Å². The first-order valence-electron chi connectivity index (χ1n) is 21.1. The van der Waals surface area contributed by atoms with Gasteiger partial charge in [0.1, 0.15) is 12.8 Å². The van der Waals surface area contributed by atoms with Gasteiger partial charge in [0.2, 0.25) is 0 Å². The Labute approximate surface area is 347 Å². The Kier molecular flexibility index (Phi) is 17.2. The first-order valence-corrected chi connectivity index (χ1v) is 21.1. The number of aromatic nitrogens is 3. The number of halogens is 1. The van der Waals surface area contributed by atoms with E-state index in [0.29, 0.717) is 109 Å². The van der Waals surface area contributed by atoms with E-state index in [1.807, 2.05) is 45.6 Å². The molecule has 0 radical (unpaired) electrons. The van der Waals surface area contributed by atoms with Crippen molar-refractivity contribution in [1.82, 2.24) is 19.4 Å². The second kappa shape index (κ2) is 22.9. The Morgan fingerprint density at radius 1 is 0.881 bits per heavy atom. The molecule has 1 aliphatic carbocycles. The maximum absolute atomic E-state index is 15.7. The number of nitrogens with zero attached hydrogens (tertiary/aromatic N) is 6. The van der Waals surface area contributed by atoms with E-state index in [-0.39, 0.29) is 23.1 Å². The molecule has 320 valence electrons. The van der Waals surface area contributed by atoms with Gasteiger partial charge < -0.3 is 43.8 Å². The van der Waals surface area contributed by atoms with Gasteiger partial charge in [0, 0.05) is 79.6 Å². The number of piperidine rings is 1. The van der Waals surface area contributed by atoms with Gasteiger partial charge in [0.05, 0.1) is 81.7 Å². The average molecular weight is 817 g/mol. The SMILES string of the molecule is Cc1ccc(N2CCCC(C=[N+](Cc3ccnc(C)c3)Cc3cn(C4CC4)c4cc(OCCN(C)CCOCCOCCOCCOCCN)c(F)cc4c3=O)C2)cn1. The molecule has 1 saturated heterocycles. The van der Waals surface area contributed by atoms with E-state index in [0.717, 1.165) is 61.4 Å². The molecule has 4 heterocycles. The van der Waals surface area contributed by atoms with Crippen molar-refractivity contribution in [2.24, 2.45) is 11.7 Å². The van der Waals surface area contributed by atoms with E-state index in [9.17, 15) is 4.79 Å². The molecular formula is C45H63FN7O6+. The van der Waals surface area contributed by atoms with Crippen LogP contribution in [0.4, 0.5) is 10.1 Å². The minimum absolute atomic E-state index is 0.148. The predicted molar refractivity (Wildman–Crippen MR) is 228 cm³/mol. The van der Waals surface area contributed by atoms with Crippen molar-refractivity contribution in [2.45, 2.75) is 58.7 Å². The predicted octanol–water partition coefficient (Wildman–Crippen LogP) is 4.92. The molecule has 2 N–H and O–H groups in total. The number of hydrogen-bond acceptors (Lipinski definition) is 11. The molecule has 1 aromatic carbocycles. The van der Waals surface area contributed by atoms with Gasteiger partial charge in [0.15, 0.2) is 30.1 Å². The molecule has 1 saturated carbocycles. The number of rotatable bonds is 25. The smallest absolute Gasteiger partial charge is 0.199 e. The van der Waals surface area contributed by atoms with Crippen LogP contribution in [0, 0.1) is 25.6 Å². The van der Waals surface area contributed by atoms with Crippen LogP contribution in [0.15, 0.2) is 59.8 Å². The zero-order valence-electron chi connectivity index (χ0n) is 35.2. The number of likely N-dealkylation sites (N-methyl/N-ethyl adjacent to an activating group) is 1. The molecule has 2 fully saturated rings. The minimum Gasteiger partial charge on any atom is -0.489 e. The summed E-state index contributed by atoms with van der Waals surface area (Å²) in [6.45, 7) is 13.1. The number of nitrogens with two attached hydrogens (primary N) is 1. The summed E-state index contributed by atoms with van der Waals surface area (Å²) in [5, 5.41) is 0.383. The Balaban J connectivity index is 1.06. The zero-order chi connectivity index (χ0) is 41.4. The summed E-state index contributed by atoms with van der Waals surface area (Å²) in [5.74, 6) is -0.0903. The lowest BCUT2D eigenvalue weighted by Gasteiger charge is -2.32. The Morgan fingerprint density at radius 3 is 2.31 bits per heavy atom. The average Bonchev–Trinajstić information content (AvgIpc) is 4.07. The standard InChI is InChI=1S/C45H63FN7O6/c1-34-6-7-40(28-49-34)52-13-4-5-37(31-52)30-51(29-36-10-12-48-35(2)25-36)32-38-33-53(39-8-9-39)43-27-44(42(46)26-41(43)45(38)54)59-18-15-50(3)14-17-56-20-22-58-24-23-57-21-19-55-16-11-47/h6-7,10,12,25-28,30,33,37,39H,4-5,8-9,11,13-24,29,31-32,47H2,1-3H3/q+1. The zero-order valence-corrected chi connectivity index (χ0v) is 35.2. The van der Waals surface area contributed by atoms with Crippen LogP contribution >= 0.6 is 0 Å². The van der Waals surface area contributed by atoms with Gasteiger partial charge >= 0.3 is 0 Å². The summed E-state index contributed by atoms with van der Waals surface area (Å²) in [5.41, 5.74) is 10.8. The Morgan fingerprint density at radius 2 is 1.61 bits per heavy atom. The van der Waals surface area contributed by atoms with E-state index in [2.05, 4.69) is 53.3 Å². The van der Waals surface area contributed by atoms with Gasteiger partial charge in [-0.1, -0.05) is 0 Å². The molecule has 1 aliphatic heterocycles. The van der Waals surface area contributed by atoms with E-state index in [1.165, 1.54) is 6.07 Å². The lowest BCUT2D eigenvalue weighted by atomic mass is 9.98. The maximum Gasteiger partial charge on any atom is 0.199 e. The van der Waals surface area contributed by atoms with Crippen molar-refractivity contribution >= 4 is 22.8 Å². The van der Waals surface area contributed by atoms with Crippen LogP contribution in [0.25, 0.3) is 10.9 Å². The molecule has 0 amide bonds. The van der Waals surface area contributed by atoms with E-state index >= 15 is 4.39 Å². The lowest BCUT2D eigenvalue weighted by Crippen LogP contribution is -2.37. The molecule has 13 nitrogen and oxygen atoms in total. The molecule has 0 spiro atoms. The van der Waals surface area contributed by atoms with Crippen LogP contribution in [0.5, 0.6) is 5.75 Å². The fourth-order valence-corrected chi connectivity index (χ4v) is 7.40. The number of fused-ring (bicyclic) bond motifs is 1. The first kappa shape index (κ1) is 44.2. The van der Waals surface area contributed by atoms with Crippen molar-refractivity contribution in [2.75, 3.05) is 104 Å². The summed E-state index contributed by atoms with van der Waals surface area (Å²) in [6.07, 6.45) is 12.3. The molecule has 1 unspecified atom stereocenters. The second-order valence-corrected chi connectivity index (χ2v) is 15.7. The molecule has 14 heteroatoms. The molecular weight excluding hydrogens is 754 g/mol. The van der Waals surface area contributed by atoms with Crippen LogP contribution in [0.3, 0.4) is 0 Å². The summed E-state index contributed by atoms with van der Waals surface area (Å²) < 4.78 is 48.1. The molecule has 4 aromatic rings. The van der Waals surface area contributed by atoms with Crippen molar-refractivity contribution in [1.29, 1.82) is 0 Å². The van der Waals surface area contributed by atoms with Crippen molar-refractivity contribution < 1.29 is 32.7 Å². The Hall–Kier alpha value is -4.31. The van der Waals surface area contributed by atoms with Crippen LogP contribution < -0.4 is 20.8 Å². The number of benzene rings is 1. The Bertz CT molecular complexity index is 2010. The molecule has 0 bridgehead atoms. The third-order valence-electron chi connectivity index (χ3n) is 10.7. The van der Waals surface area contributed by atoms with Gasteiger partial charge in [0.25, 0.3) is 0 Å². The fourth-order valence-electron chi connectivity index (χ4n) is 7.40. The summed E-state index contributed by atoms with van der Waals surface area (Å²) in [7, 11) is 1.98. The summed E-state index contributed by atoms with van der Waals surface area (Å²) >= 11 is 0. The maximum atomic E-state index is 15.7. The number of hydrogen-bond donors (Lipinski definition) is 1. The third kappa shape index (κ3) is 13.9. The van der Waals surface area contributed by atoms with Crippen molar-refractivity contribution in [3.8, 4) is 5.75 Å². The lowest BCUT2D eigenvalue weighted by molar-refractivity contribution is -0.557. The highest BCUT2D eigenvalue weighted by molar-refractivity contribution is 5.81. The highest BCUT2D eigenvalue weighted by Crippen LogP contribution is 2.38. The van der Waals surface area contributed by atoms with Crippen LogP contribution in [0.1, 0.15) is 54.2 Å². The van der Waals surface area contributed by atoms with E-state index in [4.69, 9.17) is 29.4 Å². The third-order valence-corrected chi connectivity index (χ3v) is 10.7. The van der Waals surface area contributed by atoms with Crippen LogP contribution in [0.2, 0.25) is 0 Å². The van der Waals surface area contributed by atoms with Gasteiger partial charge in [-0.25, -0.2) is 8.97 Å². The fraction of sp³-hybridized carbons (Fsp3) is 0.556. The molecule has 6 rings (SSSR count). The molecule has 1 atom stereocenters. The van der Waals surface area contributed by atoms with Gasteiger partial charge in [-0.2, -0.15) is 0 Å². The number of pyridine rings is 3. The highest BCUT2D eigenvalue weighted by Gasteiger charge is 2.28. The van der Waals surface area contributed by atoms with Gasteiger partial charge in [-0.3, -0.25) is 14.8 Å². The molecule has 3 aromatic heterocycles. The van der Waals surface area contributed by atoms with Crippen molar-refractivity contribution in [3.05, 3.63) is 93.5 Å². The molecule has 59 heavy (non-hydrogen) atoms. The van der Waals surface area contributed by atoms with Crippen LogP contribution in [-0.4, -0.2) is 129 Å². The quantitative estimate of drug-likeness (QED) is 0.0557. The number of anilines is 1. The summed E-state index contributed by atoms with van der Waals surface area (Å²) in [6, 6.07) is 11.7. The monoisotopic (exact) mass is 816 g/mol. The number of aryl methyl sites for hydroxylation is 2. The topological polar surface area (TPSA) is 129 Å².